The number of halogens is 2. The molecule has 34 heavy (non-hydrogen) atoms. The Morgan fingerprint density at radius 2 is 1.62 bits per heavy atom. The van der Waals surface area contributed by atoms with Gasteiger partial charge in [0.05, 0.1) is 16.3 Å². The van der Waals surface area contributed by atoms with Gasteiger partial charge in [0, 0.05) is 31.9 Å². The standard InChI is InChI=1S/C25H20F2N4O3/c26-16-5-7-17(8-6-16)30-11-13-31(14-12-30)25(33)21-15-18(9-10-22(21)27)34-24-20-4-2-1-3-19(20)23(32)28-29-24/h1-10,15H,11-14H2,(H,28,32). The van der Waals surface area contributed by atoms with Crippen molar-refractivity contribution in [2.24, 2.45) is 0 Å². The lowest BCUT2D eigenvalue weighted by atomic mass is 10.1. The van der Waals surface area contributed by atoms with E-state index in [0.717, 1.165) is 5.69 Å². The van der Waals surface area contributed by atoms with E-state index in [1.807, 2.05) is 4.90 Å². The lowest BCUT2D eigenvalue weighted by Gasteiger charge is -2.36. The summed E-state index contributed by atoms with van der Waals surface area (Å²) in [5, 5.41) is 7.24. The van der Waals surface area contributed by atoms with Gasteiger partial charge >= 0.3 is 0 Å². The van der Waals surface area contributed by atoms with Crippen LogP contribution >= 0.6 is 0 Å². The van der Waals surface area contributed by atoms with E-state index in [9.17, 15) is 18.4 Å². The van der Waals surface area contributed by atoms with Gasteiger partial charge in [0.15, 0.2) is 0 Å². The number of hydrogen-bond acceptors (Lipinski definition) is 5. The second kappa shape index (κ2) is 8.93. The summed E-state index contributed by atoms with van der Waals surface area (Å²) in [5.74, 6) is -1.04. The largest absolute Gasteiger partial charge is 0.437 e. The van der Waals surface area contributed by atoms with Crippen molar-refractivity contribution in [3.05, 3.63) is 94.3 Å². The van der Waals surface area contributed by atoms with Crippen LogP contribution in [0.2, 0.25) is 0 Å². The molecule has 0 aliphatic carbocycles. The number of hydrogen-bond donors (Lipinski definition) is 1. The lowest BCUT2D eigenvalue weighted by molar-refractivity contribution is 0.0741. The van der Waals surface area contributed by atoms with Crippen LogP contribution in [0.3, 0.4) is 0 Å². The molecule has 7 nitrogen and oxygen atoms in total. The van der Waals surface area contributed by atoms with Gasteiger partial charge in [-0.15, -0.1) is 5.10 Å². The number of anilines is 1. The first-order valence-corrected chi connectivity index (χ1v) is 10.7. The van der Waals surface area contributed by atoms with Crippen LogP contribution in [-0.2, 0) is 0 Å². The van der Waals surface area contributed by atoms with Gasteiger partial charge in [0.1, 0.15) is 17.4 Å². The van der Waals surface area contributed by atoms with Crippen molar-refractivity contribution >= 4 is 22.4 Å². The molecule has 1 N–H and O–H groups in total. The van der Waals surface area contributed by atoms with Gasteiger partial charge in [-0.05, 0) is 54.6 Å². The first kappa shape index (κ1) is 21.6. The number of fused-ring (bicyclic) bond motifs is 1. The number of aromatic nitrogens is 2. The molecule has 0 bridgehead atoms. The Morgan fingerprint density at radius 3 is 2.35 bits per heavy atom. The number of amides is 1. The Balaban J connectivity index is 1.33. The van der Waals surface area contributed by atoms with E-state index in [-0.39, 0.29) is 28.6 Å². The smallest absolute Gasteiger partial charge is 0.272 e. The maximum Gasteiger partial charge on any atom is 0.272 e. The molecule has 0 atom stereocenters. The van der Waals surface area contributed by atoms with Crippen LogP contribution < -0.4 is 15.2 Å². The van der Waals surface area contributed by atoms with Crippen molar-refractivity contribution in [3.63, 3.8) is 0 Å². The van der Waals surface area contributed by atoms with Crippen molar-refractivity contribution < 1.29 is 18.3 Å². The normalized spacial score (nSPS) is 13.8. The Kier molecular flexibility index (Phi) is 5.67. The molecule has 9 heteroatoms. The number of nitrogens with one attached hydrogen (secondary N) is 1. The van der Waals surface area contributed by atoms with Gasteiger partial charge in [-0.2, -0.15) is 0 Å². The molecule has 0 unspecified atom stereocenters. The minimum absolute atomic E-state index is 0.110. The summed E-state index contributed by atoms with van der Waals surface area (Å²) < 4.78 is 33.6. The molecule has 3 aromatic carbocycles. The van der Waals surface area contributed by atoms with Crippen LogP contribution in [0, 0.1) is 11.6 Å². The van der Waals surface area contributed by atoms with Crippen molar-refractivity contribution in [2.45, 2.75) is 0 Å². The van der Waals surface area contributed by atoms with Gasteiger partial charge in [-0.25, -0.2) is 13.9 Å². The molecule has 4 aromatic rings. The van der Waals surface area contributed by atoms with Gasteiger partial charge < -0.3 is 14.5 Å². The monoisotopic (exact) mass is 462 g/mol. The quantitative estimate of drug-likeness (QED) is 0.497. The second-order valence-electron chi connectivity index (χ2n) is 7.90. The first-order chi connectivity index (χ1) is 16.5. The first-order valence-electron chi connectivity index (χ1n) is 10.7. The topological polar surface area (TPSA) is 78.5 Å². The third-order valence-corrected chi connectivity index (χ3v) is 5.80. The number of rotatable bonds is 4. The fourth-order valence-electron chi connectivity index (χ4n) is 4.00. The van der Waals surface area contributed by atoms with Crippen molar-refractivity contribution in [2.75, 3.05) is 31.1 Å². The van der Waals surface area contributed by atoms with E-state index < -0.39 is 11.7 Å². The third-order valence-electron chi connectivity index (χ3n) is 5.80. The highest BCUT2D eigenvalue weighted by Gasteiger charge is 2.25. The zero-order chi connectivity index (χ0) is 23.7. The number of carbonyl (C=O) groups is 1. The molecule has 5 rings (SSSR count). The molecule has 0 radical (unpaired) electrons. The molecule has 172 valence electrons. The molecule has 1 saturated heterocycles. The van der Waals surface area contributed by atoms with Crippen LogP contribution in [0.5, 0.6) is 11.6 Å². The molecular formula is C25H20F2N4O3. The molecule has 1 fully saturated rings. The Hall–Kier alpha value is -4.27. The van der Waals surface area contributed by atoms with Crippen LogP contribution in [0.15, 0.2) is 71.5 Å². The maximum atomic E-state index is 14.6. The summed E-state index contributed by atoms with van der Waals surface area (Å²) in [7, 11) is 0. The molecular weight excluding hydrogens is 442 g/mol. The number of H-pyrrole nitrogens is 1. The number of nitrogens with zero attached hydrogens (tertiary/aromatic N) is 3. The van der Waals surface area contributed by atoms with E-state index in [2.05, 4.69) is 10.2 Å². The maximum absolute atomic E-state index is 14.6. The third kappa shape index (κ3) is 4.19. The van der Waals surface area contributed by atoms with Gasteiger partial charge in [0.2, 0.25) is 5.88 Å². The highest BCUT2D eigenvalue weighted by Crippen LogP contribution is 2.27. The van der Waals surface area contributed by atoms with E-state index in [1.165, 1.54) is 30.3 Å². The van der Waals surface area contributed by atoms with Crippen LogP contribution in [0.1, 0.15) is 10.4 Å². The Morgan fingerprint density at radius 1 is 0.912 bits per heavy atom. The number of ether oxygens (including phenoxy) is 1. The minimum atomic E-state index is -0.655. The van der Waals surface area contributed by atoms with E-state index in [4.69, 9.17) is 4.74 Å². The summed E-state index contributed by atoms with van der Waals surface area (Å²) in [6, 6.07) is 16.9. The molecule has 1 amide bonds. The molecule has 1 aromatic heterocycles. The van der Waals surface area contributed by atoms with Crippen LogP contribution in [0.4, 0.5) is 14.5 Å². The number of piperazine rings is 1. The predicted octanol–water partition coefficient (Wildman–Crippen LogP) is 3.96. The highest BCUT2D eigenvalue weighted by atomic mass is 19.1. The molecule has 0 saturated carbocycles. The SMILES string of the molecule is O=C(c1cc(Oc2n[nH]c(=O)c3ccccc23)ccc1F)N1CCN(c2ccc(F)cc2)CC1. The molecule has 1 aliphatic heterocycles. The van der Waals surface area contributed by atoms with Crippen molar-refractivity contribution in [1.29, 1.82) is 0 Å². The zero-order valence-corrected chi connectivity index (χ0v) is 18.0. The molecule has 2 heterocycles. The summed E-state index contributed by atoms with van der Waals surface area (Å²) in [5.41, 5.74) is 0.412. The van der Waals surface area contributed by atoms with Crippen molar-refractivity contribution in [1.82, 2.24) is 15.1 Å². The Bertz CT molecular complexity index is 1410. The van der Waals surface area contributed by atoms with E-state index in [1.54, 1.807) is 41.3 Å². The number of aromatic amines is 1. The Labute approximate surface area is 193 Å². The molecule has 0 spiro atoms. The highest BCUT2D eigenvalue weighted by molar-refractivity contribution is 5.95. The van der Waals surface area contributed by atoms with Gasteiger partial charge in [-0.3, -0.25) is 9.59 Å². The minimum Gasteiger partial charge on any atom is -0.437 e. The van der Waals surface area contributed by atoms with Gasteiger partial charge in [-0.1, -0.05) is 12.1 Å². The van der Waals surface area contributed by atoms with Gasteiger partial charge in [0.25, 0.3) is 11.5 Å². The fraction of sp³-hybridized carbons (Fsp3) is 0.160. The number of carbonyl (C=O) groups excluding carboxylic acids is 1. The van der Waals surface area contributed by atoms with Crippen LogP contribution in [-0.4, -0.2) is 47.2 Å². The average molecular weight is 462 g/mol. The van der Waals surface area contributed by atoms with Crippen LogP contribution in [0.25, 0.3) is 10.8 Å². The average Bonchev–Trinajstić information content (AvgIpc) is 2.87. The predicted molar refractivity (Wildman–Crippen MR) is 123 cm³/mol. The zero-order valence-electron chi connectivity index (χ0n) is 18.0. The lowest BCUT2D eigenvalue weighted by Crippen LogP contribution is -2.49. The summed E-state index contributed by atoms with van der Waals surface area (Å²) in [4.78, 5) is 28.7. The van der Waals surface area contributed by atoms with E-state index >= 15 is 0 Å². The summed E-state index contributed by atoms with van der Waals surface area (Å²) in [6.07, 6.45) is 0. The van der Waals surface area contributed by atoms with E-state index in [0.29, 0.717) is 37.0 Å². The number of benzene rings is 3. The van der Waals surface area contributed by atoms with Crippen molar-refractivity contribution in [3.8, 4) is 11.6 Å². The second-order valence-corrected chi connectivity index (χ2v) is 7.90. The fourth-order valence-corrected chi connectivity index (χ4v) is 4.00. The summed E-state index contributed by atoms with van der Waals surface area (Å²) in [6.45, 7) is 1.88. The molecule has 1 aliphatic rings. The summed E-state index contributed by atoms with van der Waals surface area (Å²) >= 11 is 0.